The summed E-state index contributed by atoms with van der Waals surface area (Å²) in [5.74, 6) is -0.545. The molecule has 0 saturated carbocycles. The number of carbonyl (C=O) groups excluding carboxylic acids is 2. The quantitative estimate of drug-likeness (QED) is 0.0998. The van der Waals surface area contributed by atoms with E-state index >= 15 is 0 Å². The molecule has 2 atom stereocenters. The lowest BCUT2D eigenvalue weighted by Crippen LogP contribution is -2.49. The number of ether oxygens (including phenoxy) is 3. The first kappa shape index (κ1) is 29.5. The highest BCUT2D eigenvalue weighted by molar-refractivity contribution is 5.78. The Morgan fingerprint density at radius 3 is 1.60 bits per heavy atom. The van der Waals surface area contributed by atoms with Crippen molar-refractivity contribution in [2.24, 2.45) is 5.92 Å². The second-order valence-electron chi connectivity index (χ2n) is 10.6. The average molecular weight is 543 g/mol. The fourth-order valence-corrected chi connectivity index (χ4v) is 5.59. The molecule has 0 amide bonds. The molecule has 40 heavy (non-hydrogen) atoms. The van der Waals surface area contributed by atoms with E-state index in [1.165, 1.54) is 26.4 Å². The van der Waals surface area contributed by atoms with Gasteiger partial charge in [-0.25, -0.2) is 0 Å². The summed E-state index contributed by atoms with van der Waals surface area (Å²) in [5, 5.41) is 0. The van der Waals surface area contributed by atoms with Crippen LogP contribution in [0.4, 0.5) is 0 Å². The van der Waals surface area contributed by atoms with Crippen molar-refractivity contribution in [3.63, 3.8) is 0 Å². The second kappa shape index (κ2) is 15.4. The van der Waals surface area contributed by atoms with Gasteiger partial charge >= 0.3 is 11.9 Å². The van der Waals surface area contributed by atoms with E-state index in [0.29, 0.717) is 13.0 Å². The van der Waals surface area contributed by atoms with Crippen LogP contribution >= 0.6 is 0 Å². The van der Waals surface area contributed by atoms with E-state index < -0.39 is 5.60 Å². The molecule has 1 aliphatic rings. The fraction of sp³-hybridized carbons (Fsp3) is 0.429. The Hall–Kier alpha value is -3.44. The van der Waals surface area contributed by atoms with Crippen molar-refractivity contribution < 1.29 is 23.8 Å². The van der Waals surface area contributed by atoms with Gasteiger partial charge in [-0.05, 0) is 36.0 Å². The van der Waals surface area contributed by atoms with Crippen LogP contribution in [0.5, 0.6) is 0 Å². The monoisotopic (exact) mass is 542 g/mol. The first-order valence-electron chi connectivity index (χ1n) is 14.7. The summed E-state index contributed by atoms with van der Waals surface area (Å²) in [6.45, 7) is 0.299. The minimum absolute atomic E-state index is 0.0918. The number of hydrogen-bond donors (Lipinski definition) is 0. The van der Waals surface area contributed by atoms with Gasteiger partial charge in [-0.15, -0.1) is 0 Å². The van der Waals surface area contributed by atoms with E-state index in [0.717, 1.165) is 55.2 Å². The molecule has 1 saturated heterocycles. The number of methoxy groups -OCH3 is 1. The number of esters is 2. The molecule has 3 aromatic rings. The van der Waals surface area contributed by atoms with Crippen molar-refractivity contribution in [3.05, 3.63) is 108 Å². The van der Waals surface area contributed by atoms with Gasteiger partial charge in [0.1, 0.15) is 17.6 Å². The summed E-state index contributed by atoms with van der Waals surface area (Å²) in [4.78, 5) is 23.7. The first-order valence-corrected chi connectivity index (χ1v) is 14.7. The van der Waals surface area contributed by atoms with Gasteiger partial charge in [0, 0.05) is 6.42 Å². The van der Waals surface area contributed by atoms with Crippen LogP contribution in [-0.2, 0) is 29.4 Å². The minimum Gasteiger partial charge on any atom is -0.469 e. The molecule has 0 aromatic heterocycles. The van der Waals surface area contributed by atoms with E-state index in [2.05, 4.69) is 41.1 Å². The van der Waals surface area contributed by atoms with Gasteiger partial charge in [-0.3, -0.25) is 9.59 Å². The van der Waals surface area contributed by atoms with Crippen molar-refractivity contribution in [1.29, 1.82) is 0 Å². The molecule has 5 heteroatoms. The first-order chi connectivity index (χ1) is 19.6. The van der Waals surface area contributed by atoms with Gasteiger partial charge in [-0.1, -0.05) is 130 Å². The molecule has 1 heterocycles. The Morgan fingerprint density at radius 1 is 0.700 bits per heavy atom. The van der Waals surface area contributed by atoms with E-state index in [4.69, 9.17) is 9.47 Å². The lowest BCUT2D eigenvalue weighted by atomic mass is 9.79. The largest absolute Gasteiger partial charge is 0.469 e. The van der Waals surface area contributed by atoms with Gasteiger partial charge in [0.2, 0.25) is 0 Å². The number of unbranched alkanes of at least 4 members (excludes halogenated alkanes) is 7. The zero-order valence-corrected chi connectivity index (χ0v) is 23.6. The molecule has 0 spiro atoms. The molecule has 3 aromatic carbocycles. The molecule has 0 radical (unpaired) electrons. The maximum atomic E-state index is 12.6. The van der Waals surface area contributed by atoms with Gasteiger partial charge in [0.05, 0.1) is 13.7 Å². The van der Waals surface area contributed by atoms with Crippen LogP contribution < -0.4 is 0 Å². The van der Waals surface area contributed by atoms with Gasteiger partial charge in [0.25, 0.3) is 0 Å². The van der Waals surface area contributed by atoms with E-state index in [-0.39, 0.29) is 24.0 Å². The standard InChI is InChI=1S/C35H42O5/c1-38-33(36)26-18-7-5-3-2-4-6-17-25-32-31(34(37)40-32)27-39-35(28-19-11-8-12-20-28,29-21-13-9-14-22-29)30-23-15-10-16-24-30/h8-16,19-24,31-32H,2-7,17-18,25-27H2,1H3/t31-,32-/m0/s1. The number of benzene rings is 3. The summed E-state index contributed by atoms with van der Waals surface area (Å²) in [7, 11) is 1.44. The second-order valence-corrected chi connectivity index (χ2v) is 10.6. The Balaban J connectivity index is 1.32. The molecule has 5 nitrogen and oxygen atoms in total. The molecular weight excluding hydrogens is 500 g/mol. The Bertz CT molecular complexity index is 1070. The Labute approximate surface area is 238 Å². The molecule has 0 unspecified atom stereocenters. The third-order valence-electron chi connectivity index (χ3n) is 7.89. The van der Waals surface area contributed by atoms with E-state index in [9.17, 15) is 9.59 Å². The highest BCUT2D eigenvalue weighted by atomic mass is 16.6. The summed E-state index contributed by atoms with van der Waals surface area (Å²) < 4.78 is 17.1. The molecular formula is C35H42O5. The van der Waals surface area contributed by atoms with E-state index in [1.807, 2.05) is 54.6 Å². The number of cyclic esters (lactones) is 1. The van der Waals surface area contributed by atoms with E-state index in [1.54, 1.807) is 0 Å². The summed E-state index contributed by atoms with van der Waals surface area (Å²) >= 11 is 0. The van der Waals surface area contributed by atoms with Gasteiger partial charge in [-0.2, -0.15) is 0 Å². The number of hydrogen-bond acceptors (Lipinski definition) is 5. The fourth-order valence-electron chi connectivity index (χ4n) is 5.59. The normalized spacial score (nSPS) is 16.7. The predicted octanol–water partition coefficient (Wildman–Crippen LogP) is 7.61. The van der Waals surface area contributed by atoms with Crippen molar-refractivity contribution in [3.8, 4) is 0 Å². The minimum atomic E-state index is -0.832. The lowest BCUT2D eigenvalue weighted by molar-refractivity contribution is -0.194. The van der Waals surface area contributed by atoms with Crippen molar-refractivity contribution in [1.82, 2.24) is 0 Å². The zero-order chi connectivity index (χ0) is 28.0. The topological polar surface area (TPSA) is 61.8 Å². The molecule has 1 aliphatic heterocycles. The smallest absolute Gasteiger partial charge is 0.315 e. The summed E-state index contributed by atoms with van der Waals surface area (Å²) in [6.07, 6.45) is 10.2. The Morgan fingerprint density at radius 2 is 1.15 bits per heavy atom. The molecule has 0 bridgehead atoms. The highest BCUT2D eigenvalue weighted by Crippen LogP contribution is 2.42. The van der Waals surface area contributed by atoms with Crippen molar-refractivity contribution >= 4 is 11.9 Å². The van der Waals surface area contributed by atoms with Crippen LogP contribution in [0.25, 0.3) is 0 Å². The van der Waals surface area contributed by atoms with Gasteiger partial charge < -0.3 is 14.2 Å². The number of rotatable bonds is 17. The molecule has 0 aliphatic carbocycles. The van der Waals surface area contributed by atoms with Crippen molar-refractivity contribution in [2.45, 2.75) is 75.9 Å². The SMILES string of the molecule is COC(=O)CCCCCCCCCC[C@@H]1OC(=O)[C@H]1COC(c1ccccc1)(c1ccccc1)c1ccccc1. The third-order valence-corrected chi connectivity index (χ3v) is 7.89. The molecule has 212 valence electrons. The highest BCUT2D eigenvalue weighted by Gasteiger charge is 2.45. The van der Waals surface area contributed by atoms with Crippen LogP contribution in [0.2, 0.25) is 0 Å². The summed E-state index contributed by atoms with van der Waals surface area (Å²) in [6, 6.07) is 30.8. The predicted molar refractivity (Wildman–Crippen MR) is 157 cm³/mol. The van der Waals surface area contributed by atoms with Crippen LogP contribution in [0.3, 0.4) is 0 Å². The Kier molecular flexibility index (Phi) is 11.4. The van der Waals surface area contributed by atoms with Crippen LogP contribution in [0.15, 0.2) is 91.0 Å². The zero-order valence-electron chi connectivity index (χ0n) is 23.6. The molecule has 1 fully saturated rings. The van der Waals surface area contributed by atoms with Crippen LogP contribution in [0, 0.1) is 5.92 Å². The average Bonchev–Trinajstić information content (AvgIpc) is 3.00. The van der Waals surface area contributed by atoms with Gasteiger partial charge in [0.15, 0.2) is 0 Å². The third kappa shape index (κ3) is 7.60. The lowest BCUT2D eigenvalue weighted by Gasteiger charge is -2.40. The number of carbonyl (C=O) groups is 2. The maximum Gasteiger partial charge on any atom is 0.315 e. The maximum absolute atomic E-state index is 12.6. The van der Waals surface area contributed by atoms with Crippen molar-refractivity contribution in [2.75, 3.05) is 13.7 Å². The van der Waals surface area contributed by atoms with Crippen LogP contribution in [-0.4, -0.2) is 31.8 Å². The van der Waals surface area contributed by atoms with Crippen LogP contribution in [0.1, 0.15) is 80.9 Å². The summed E-state index contributed by atoms with van der Waals surface area (Å²) in [5.41, 5.74) is 2.26. The molecule has 4 rings (SSSR count). The molecule has 0 N–H and O–H groups in total.